The lowest BCUT2D eigenvalue weighted by molar-refractivity contribution is -0.127. The molecule has 120 valence electrons. The van der Waals surface area contributed by atoms with Crippen LogP contribution in [0.1, 0.15) is 32.3 Å². The number of piperidine rings is 1. The maximum absolute atomic E-state index is 12.2. The molecule has 1 aliphatic rings. The Morgan fingerprint density at radius 2 is 2.05 bits per heavy atom. The molecule has 4 heteroatoms. The van der Waals surface area contributed by atoms with Gasteiger partial charge in [-0.15, -0.1) is 0 Å². The third kappa shape index (κ3) is 4.26. The molecule has 0 aliphatic carbocycles. The molecule has 0 bridgehead atoms. The van der Waals surface area contributed by atoms with E-state index in [9.17, 15) is 4.79 Å². The number of nitrogens with zero attached hydrogens (tertiary/aromatic N) is 1. The van der Waals surface area contributed by atoms with Gasteiger partial charge in [0, 0.05) is 19.2 Å². The second-order valence-electron chi connectivity index (χ2n) is 5.68. The first-order chi connectivity index (χ1) is 10.6. The lowest BCUT2D eigenvalue weighted by Crippen LogP contribution is -2.36. The molecule has 0 unspecified atom stereocenters. The van der Waals surface area contributed by atoms with E-state index in [0.29, 0.717) is 12.4 Å². The smallest absolute Gasteiger partial charge is 0.246 e. The van der Waals surface area contributed by atoms with Crippen molar-refractivity contribution < 1.29 is 14.3 Å². The third-order valence-corrected chi connectivity index (χ3v) is 4.00. The highest BCUT2D eigenvalue weighted by Gasteiger charge is 2.18. The standard InChI is InChI=1S/C18H25NO3/c1-4-22-16-7-5-15(13-17(16)21-3)6-8-18(20)19-11-9-14(2)10-12-19/h5-8,13-14H,4,9-12H2,1-3H3. The molecule has 0 spiro atoms. The van der Waals surface area contributed by atoms with Gasteiger partial charge in [0.15, 0.2) is 11.5 Å². The molecule has 0 N–H and O–H groups in total. The average Bonchev–Trinajstić information content (AvgIpc) is 2.54. The van der Waals surface area contributed by atoms with Gasteiger partial charge in [0.1, 0.15) is 0 Å². The summed E-state index contributed by atoms with van der Waals surface area (Å²) in [6, 6.07) is 5.68. The maximum atomic E-state index is 12.2. The summed E-state index contributed by atoms with van der Waals surface area (Å²) in [6.45, 7) is 6.49. The topological polar surface area (TPSA) is 38.8 Å². The number of rotatable bonds is 5. The van der Waals surface area contributed by atoms with E-state index in [1.54, 1.807) is 13.2 Å². The molecule has 1 aliphatic heterocycles. The summed E-state index contributed by atoms with van der Waals surface area (Å²) in [6.07, 6.45) is 5.66. The molecule has 4 nitrogen and oxygen atoms in total. The molecule has 1 amide bonds. The SMILES string of the molecule is CCOc1ccc(C=CC(=O)N2CCC(C)CC2)cc1OC. The van der Waals surface area contributed by atoms with Gasteiger partial charge in [0.05, 0.1) is 13.7 Å². The minimum atomic E-state index is 0.0831. The zero-order valence-electron chi connectivity index (χ0n) is 13.7. The first kappa shape index (κ1) is 16.4. The lowest BCUT2D eigenvalue weighted by atomic mass is 9.99. The quantitative estimate of drug-likeness (QED) is 0.783. The van der Waals surface area contributed by atoms with Gasteiger partial charge in [0.25, 0.3) is 0 Å². The highest BCUT2D eigenvalue weighted by atomic mass is 16.5. The fraction of sp³-hybridized carbons (Fsp3) is 0.500. The summed E-state index contributed by atoms with van der Waals surface area (Å²) < 4.78 is 10.8. The van der Waals surface area contributed by atoms with E-state index in [1.165, 1.54) is 0 Å². The van der Waals surface area contributed by atoms with E-state index in [0.717, 1.165) is 43.2 Å². The van der Waals surface area contributed by atoms with Crippen molar-refractivity contribution in [3.63, 3.8) is 0 Å². The molecule has 1 saturated heterocycles. The molecule has 22 heavy (non-hydrogen) atoms. The summed E-state index contributed by atoms with van der Waals surface area (Å²) >= 11 is 0. The van der Waals surface area contributed by atoms with E-state index in [4.69, 9.17) is 9.47 Å². The molecule has 0 radical (unpaired) electrons. The zero-order chi connectivity index (χ0) is 15.9. The van der Waals surface area contributed by atoms with Crippen LogP contribution in [-0.4, -0.2) is 37.6 Å². The number of ether oxygens (including phenoxy) is 2. The van der Waals surface area contributed by atoms with Crippen LogP contribution in [0.5, 0.6) is 11.5 Å². The van der Waals surface area contributed by atoms with Gasteiger partial charge >= 0.3 is 0 Å². The van der Waals surface area contributed by atoms with Gasteiger partial charge in [-0.3, -0.25) is 4.79 Å². The Hall–Kier alpha value is -1.97. The van der Waals surface area contributed by atoms with Crippen LogP contribution in [0.3, 0.4) is 0 Å². The van der Waals surface area contributed by atoms with Crippen LogP contribution in [0.25, 0.3) is 6.08 Å². The second-order valence-corrected chi connectivity index (χ2v) is 5.68. The summed E-state index contributed by atoms with van der Waals surface area (Å²) in [4.78, 5) is 14.1. The van der Waals surface area contributed by atoms with Gasteiger partial charge in [-0.05, 0) is 49.5 Å². The lowest BCUT2D eigenvalue weighted by Gasteiger charge is -2.29. The van der Waals surface area contributed by atoms with Crippen LogP contribution in [0, 0.1) is 5.92 Å². The van der Waals surface area contributed by atoms with Crippen molar-refractivity contribution >= 4 is 12.0 Å². The van der Waals surface area contributed by atoms with Crippen molar-refractivity contribution in [3.8, 4) is 11.5 Å². The van der Waals surface area contributed by atoms with Crippen LogP contribution in [0.2, 0.25) is 0 Å². The minimum absolute atomic E-state index is 0.0831. The van der Waals surface area contributed by atoms with Crippen LogP contribution >= 0.6 is 0 Å². The van der Waals surface area contributed by atoms with E-state index >= 15 is 0 Å². The number of carbonyl (C=O) groups excluding carboxylic acids is 1. The zero-order valence-corrected chi connectivity index (χ0v) is 13.7. The predicted octanol–water partition coefficient (Wildman–Crippen LogP) is 3.37. The molecule has 1 aromatic rings. The molecule has 1 fully saturated rings. The Morgan fingerprint density at radius 3 is 2.68 bits per heavy atom. The Morgan fingerprint density at radius 1 is 1.32 bits per heavy atom. The fourth-order valence-corrected chi connectivity index (χ4v) is 2.56. The largest absolute Gasteiger partial charge is 0.493 e. The van der Waals surface area contributed by atoms with Crippen LogP contribution in [0.15, 0.2) is 24.3 Å². The second kappa shape index (κ2) is 7.87. The third-order valence-electron chi connectivity index (χ3n) is 4.00. The van der Waals surface area contributed by atoms with Crippen molar-refractivity contribution in [2.75, 3.05) is 26.8 Å². The minimum Gasteiger partial charge on any atom is -0.493 e. The Balaban J connectivity index is 2.01. The van der Waals surface area contributed by atoms with Gasteiger partial charge in [-0.1, -0.05) is 13.0 Å². The van der Waals surface area contributed by atoms with Crippen molar-refractivity contribution in [2.24, 2.45) is 5.92 Å². The summed E-state index contributed by atoms with van der Waals surface area (Å²) in [5.74, 6) is 2.21. The normalized spacial score (nSPS) is 16.0. The highest BCUT2D eigenvalue weighted by molar-refractivity contribution is 5.91. The molecular weight excluding hydrogens is 278 g/mol. The number of likely N-dealkylation sites (tertiary alicyclic amines) is 1. The summed E-state index contributed by atoms with van der Waals surface area (Å²) in [7, 11) is 1.62. The summed E-state index contributed by atoms with van der Waals surface area (Å²) in [5.41, 5.74) is 0.930. The number of benzene rings is 1. The molecule has 0 aromatic heterocycles. The molecule has 0 atom stereocenters. The molecule has 1 heterocycles. The first-order valence-corrected chi connectivity index (χ1v) is 7.92. The van der Waals surface area contributed by atoms with Gasteiger partial charge in [0.2, 0.25) is 5.91 Å². The number of hydrogen-bond acceptors (Lipinski definition) is 3. The van der Waals surface area contributed by atoms with Gasteiger partial charge < -0.3 is 14.4 Å². The van der Waals surface area contributed by atoms with E-state index in [1.807, 2.05) is 36.1 Å². The average molecular weight is 303 g/mol. The van der Waals surface area contributed by atoms with Crippen molar-refractivity contribution in [1.29, 1.82) is 0 Å². The fourth-order valence-electron chi connectivity index (χ4n) is 2.56. The van der Waals surface area contributed by atoms with Crippen LogP contribution < -0.4 is 9.47 Å². The van der Waals surface area contributed by atoms with Gasteiger partial charge in [-0.25, -0.2) is 0 Å². The van der Waals surface area contributed by atoms with E-state index in [-0.39, 0.29) is 5.91 Å². The Bertz CT molecular complexity index is 531. The number of hydrogen-bond donors (Lipinski definition) is 0. The van der Waals surface area contributed by atoms with E-state index < -0.39 is 0 Å². The Labute approximate surface area is 132 Å². The van der Waals surface area contributed by atoms with Crippen molar-refractivity contribution in [3.05, 3.63) is 29.8 Å². The Kier molecular flexibility index (Phi) is 5.87. The predicted molar refractivity (Wildman–Crippen MR) is 88.2 cm³/mol. The number of methoxy groups -OCH3 is 1. The van der Waals surface area contributed by atoms with E-state index in [2.05, 4.69) is 6.92 Å². The molecule has 2 rings (SSSR count). The van der Waals surface area contributed by atoms with Crippen molar-refractivity contribution in [1.82, 2.24) is 4.90 Å². The number of amides is 1. The van der Waals surface area contributed by atoms with Crippen molar-refractivity contribution in [2.45, 2.75) is 26.7 Å². The van der Waals surface area contributed by atoms with Gasteiger partial charge in [-0.2, -0.15) is 0 Å². The highest BCUT2D eigenvalue weighted by Crippen LogP contribution is 2.28. The monoisotopic (exact) mass is 303 g/mol. The molecule has 1 aromatic carbocycles. The first-order valence-electron chi connectivity index (χ1n) is 7.92. The maximum Gasteiger partial charge on any atom is 0.246 e. The van der Waals surface area contributed by atoms with Crippen LogP contribution in [-0.2, 0) is 4.79 Å². The summed E-state index contributed by atoms with van der Waals surface area (Å²) in [5, 5.41) is 0. The molecular formula is C18H25NO3. The molecule has 0 saturated carbocycles. The number of carbonyl (C=O) groups is 1. The van der Waals surface area contributed by atoms with Crippen LogP contribution in [0.4, 0.5) is 0 Å².